The number of carbonyl (C=O) groups is 1. The molecular weight excluding hydrogens is 356 g/mol. The summed E-state index contributed by atoms with van der Waals surface area (Å²) in [6.07, 6.45) is 2.02. The number of hydrogen-bond acceptors (Lipinski definition) is 4. The summed E-state index contributed by atoms with van der Waals surface area (Å²) in [6, 6.07) is 6.52. The summed E-state index contributed by atoms with van der Waals surface area (Å²) in [5.41, 5.74) is 1.22. The van der Waals surface area contributed by atoms with Crippen LogP contribution in [0.5, 0.6) is 0 Å². The molecule has 1 heterocycles. The van der Waals surface area contributed by atoms with Gasteiger partial charge < -0.3 is 5.11 Å². The first-order valence-electron chi connectivity index (χ1n) is 9.03. The van der Waals surface area contributed by atoms with Gasteiger partial charge in [-0.05, 0) is 50.2 Å². The van der Waals surface area contributed by atoms with Crippen LogP contribution in [0, 0.1) is 0 Å². The zero-order valence-electron chi connectivity index (χ0n) is 15.4. The van der Waals surface area contributed by atoms with Gasteiger partial charge in [0.05, 0.1) is 6.54 Å². The van der Waals surface area contributed by atoms with Crippen molar-refractivity contribution in [1.29, 1.82) is 0 Å². The first-order chi connectivity index (χ1) is 11.9. The van der Waals surface area contributed by atoms with E-state index < -0.39 is 5.97 Å². The van der Waals surface area contributed by atoms with Crippen molar-refractivity contribution in [3.05, 3.63) is 28.8 Å². The summed E-state index contributed by atoms with van der Waals surface area (Å²) in [6.45, 7) is 10.2. The molecule has 0 aromatic heterocycles. The third kappa shape index (κ3) is 6.17. The van der Waals surface area contributed by atoms with E-state index in [-0.39, 0.29) is 6.54 Å². The number of piperidine rings is 1. The molecule has 0 spiro atoms. The van der Waals surface area contributed by atoms with Gasteiger partial charge >= 0.3 is 5.97 Å². The van der Waals surface area contributed by atoms with Crippen LogP contribution < -0.4 is 0 Å². The standard InChI is InChI=1S/C19H29ClN2O2S/c1-4-22(13-19(23)24)15-8-10-21(11-9-15)12-16-17(20)6-5-7-18(16)25-14(2)3/h5-7,14-15H,4,8-13H2,1-3H3,(H,23,24). The van der Waals surface area contributed by atoms with Crippen molar-refractivity contribution >= 4 is 29.3 Å². The molecule has 0 unspecified atom stereocenters. The Kier molecular flexibility index (Phi) is 8.07. The van der Waals surface area contributed by atoms with E-state index >= 15 is 0 Å². The number of halogens is 1. The highest BCUT2D eigenvalue weighted by Gasteiger charge is 2.25. The van der Waals surface area contributed by atoms with Crippen molar-refractivity contribution < 1.29 is 9.90 Å². The second-order valence-corrected chi connectivity index (χ2v) is 8.87. The molecule has 0 amide bonds. The van der Waals surface area contributed by atoms with Crippen LogP contribution >= 0.6 is 23.4 Å². The van der Waals surface area contributed by atoms with E-state index in [1.54, 1.807) is 0 Å². The maximum atomic E-state index is 11.0. The second kappa shape index (κ2) is 9.81. The van der Waals surface area contributed by atoms with Gasteiger partial charge in [-0.2, -0.15) is 0 Å². The van der Waals surface area contributed by atoms with Gasteiger partial charge in [0.2, 0.25) is 0 Å². The largest absolute Gasteiger partial charge is 0.480 e. The second-order valence-electron chi connectivity index (χ2n) is 6.85. The van der Waals surface area contributed by atoms with Gasteiger partial charge in [-0.1, -0.05) is 38.4 Å². The van der Waals surface area contributed by atoms with Crippen LogP contribution in [-0.4, -0.2) is 58.3 Å². The number of nitrogens with zero attached hydrogens (tertiary/aromatic N) is 2. The molecule has 0 bridgehead atoms. The van der Waals surface area contributed by atoms with E-state index in [1.165, 1.54) is 10.5 Å². The molecule has 1 fully saturated rings. The zero-order chi connectivity index (χ0) is 18.4. The minimum absolute atomic E-state index is 0.140. The lowest BCUT2D eigenvalue weighted by Crippen LogP contribution is -2.46. The number of carboxylic acids is 1. The normalized spacial score (nSPS) is 16.7. The predicted molar refractivity (Wildman–Crippen MR) is 106 cm³/mol. The molecule has 1 aliphatic heterocycles. The molecule has 6 heteroatoms. The summed E-state index contributed by atoms with van der Waals surface area (Å²) < 4.78 is 0. The highest BCUT2D eigenvalue weighted by atomic mass is 35.5. The highest BCUT2D eigenvalue weighted by Crippen LogP contribution is 2.32. The summed E-state index contributed by atoms with van der Waals surface area (Å²) >= 11 is 8.34. The van der Waals surface area contributed by atoms with Crippen molar-refractivity contribution in [3.8, 4) is 0 Å². The Balaban J connectivity index is 1.97. The van der Waals surface area contributed by atoms with Crippen molar-refractivity contribution in [3.63, 3.8) is 0 Å². The molecule has 1 aromatic rings. The van der Waals surface area contributed by atoms with Crippen molar-refractivity contribution in [2.24, 2.45) is 0 Å². The molecule has 0 atom stereocenters. The lowest BCUT2D eigenvalue weighted by atomic mass is 10.0. The highest BCUT2D eigenvalue weighted by molar-refractivity contribution is 8.00. The molecule has 0 saturated carbocycles. The molecule has 140 valence electrons. The van der Waals surface area contributed by atoms with Crippen LogP contribution in [0.25, 0.3) is 0 Å². The number of aliphatic carboxylic acids is 1. The lowest BCUT2D eigenvalue weighted by Gasteiger charge is -2.37. The monoisotopic (exact) mass is 384 g/mol. The van der Waals surface area contributed by atoms with E-state index in [4.69, 9.17) is 16.7 Å². The Morgan fingerprint density at radius 2 is 2.08 bits per heavy atom. The third-order valence-corrected chi connectivity index (χ3v) is 6.10. The number of likely N-dealkylation sites (N-methyl/N-ethyl adjacent to an activating group) is 1. The zero-order valence-corrected chi connectivity index (χ0v) is 16.9. The van der Waals surface area contributed by atoms with Crippen LogP contribution in [0.2, 0.25) is 5.02 Å². The first kappa shape index (κ1) is 20.6. The van der Waals surface area contributed by atoms with Crippen LogP contribution in [0.4, 0.5) is 0 Å². The lowest BCUT2D eigenvalue weighted by molar-refractivity contribution is -0.139. The molecule has 25 heavy (non-hydrogen) atoms. The smallest absolute Gasteiger partial charge is 0.317 e. The van der Waals surface area contributed by atoms with Crippen LogP contribution in [-0.2, 0) is 11.3 Å². The minimum Gasteiger partial charge on any atom is -0.480 e. The van der Waals surface area contributed by atoms with E-state index in [0.717, 1.165) is 44.0 Å². The number of benzene rings is 1. The van der Waals surface area contributed by atoms with E-state index in [0.29, 0.717) is 11.3 Å². The van der Waals surface area contributed by atoms with Gasteiger partial charge in [0, 0.05) is 27.8 Å². The van der Waals surface area contributed by atoms with Crippen molar-refractivity contribution in [2.45, 2.75) is 56.3 Å². The molecule has 4 nitrogen and oxygen atoms in total. The Hall–Kier alpha value is -0.750. The van der Waals surface area contributed by atoms with Gasteiger partial charge in [-0.15, -0.1) is 11.8 Å². The van der Waals surface area contributed by atoms with Crippen molar-refractivity contribution in [1.82, 2.24) is 9.80 Å². The Morgan fingerprint density at radius 1 is 1.40 bits per heavy atom. The summed E-state index contributed by atoms with van der Waals surface area (Å²) in [5.74, 6) is -0.740. The van der Waals surface area contributed by atoms with Gasteiger partial charge in [-0.25, -0.2) is 0 Å². The molecule has 0 radical (unpaired) electrons. The average Bonchev–Trinajstić information content (AvgIpc) is 2.56. The fraction of sp³-hybridized carbons (Fsp3) is 0.632. The fourth-order valence-electron chi connectivity index (χ4n) is 3.40. The van der Waals surface area contributed by atoms with E-state index in [1.807, 2.05) is 30.8 Å². The molecule has 1 aliphatic rings. The van der Waals surface area contributed by atoms with Crippen LogP contribution in [0.1, 0.15) is 39.2 Å². The van der Waals surface area contributed by atoms with Crippen LogP contribution in [0.15, 0.2) is 23.1 Å². The number of thioether (sulfide) groups is 1. The Morgan fingerprint density at radius 3 is 2.64 bits per heavy atom. The molecule has 0 aliphatic carbocycles. The first-order valence-corrected chi connectivity index (χ1v) is 10.3. The maximum Gasteiger partial charge on any atom is 0.317 e. The SMILES string of the molecule is CCN(CC(=O)O)C1CCN(Cc2c(Cl)cccc2SC(C)C)CC1. The molecule has 1 aromatic carbocycles. The predicted octanol–water partition coefficient (Wildman–Crippen LogP) is 4.21. The van der Waals surface area contributed by atoms with E-state index in [9.17, 15) is 4.79 Å². The minimum atomic E-state index is -0.740. The van der Waals surface area contributed by atoms with Crippen molar-refractivity contribution in [2.75, 3.05) is 26.2 Å². The fourth-order valence-corrected chi connectivity index (χ4v) is 4.67. The molecule has 1 saturated heterocycles. The molecule has 1 N–H and O–H groups in total. The summed E-state index contributed by atoms with van der Waals surface area (Å²) in [4.78, 5) is 16.8. The Bertz CT molecular complexity index is 575. The maximum absolute atomic E-state index is 11.0. The number of carboxylic acid groups (broad SMARTS) is 1. The van der Waals surface area contributed by atoms with Crippen LogP contribution in [0.3, 0.4) is 0 Å². The van der Waals surface area contributed by atoms with Gasteiger partial charge in [0.15, 0.2) is 0 Å². The average molecular weight is 385 g/mol. The van der Waals surface area contributed by atoms with E-state index in [2.05, 4.69) is 29.7 Å². The summed E-state index contributed by atoms with van der Waals surface area (Å²) in [7, 11) is 0. The number of rotatable bonds is 8. The molecule has 2 rings (SSSR count). The topological polar surface area (TPSA) is 43.8 Å². The summed E-state index contributed by atoms with van der Waals surface area (Å²) in [5, 5.41) is 10.4. The number of hydrogen-bond donors (Lipinski definition) is 1. The van der Waals surface area contributed by atoms with Gasteiger partial charge in [-0.3, -0.25) is 14.6 Å². The van der Waals surface area contributed by atoms with Gasteiger partial charge in [0.1, 0.15) is 0 Å². The molecular formula is C19H29ClN2O2S. The van der Waals surface area contributed by atoms with Gasteiger partial charge in [0.25, 0.3) is 0 Å². The number of likely N-dealkylation sites (tertiary alicyclic amines) is 1. The third-order valence-electron chi connectivity index (χ3n) is 4.64. The Labute approximate surface area is 160 Å². The quantitative estimate of drug-likeness (QED) is 0.680.